The Morgan fingerprint density at radius 1 is 0.929 bits per heavy atom. The Bertz CT molecular complexity index is 948. The third kappa shape index (κ3) is 3.98. The number of amides is 1. The first-order chi connectivity index (χ1) is 13.5. The topological polar surface area (TPSA) is 66.5 Å². The molecular weight excluding hydrogens is 372 g/mol. The summed E-state index contributed by atoms with van der Waals surface area (Å²) in [5.41, 5.74) is 2.78. The van der Waals surface area contributed by atoms with Crippen molar-refractivity contribution in [3.8, 4) is 0 Å². The average Bonchev–Trinajstić information content (AvgIpc) is 2.74. The van der Waals surface area contributed by atoms with Gasteiger partial charge in [-0.25, -0.2) is 8.42 Å². The van der Waals surface area contributed by atoms with E-state index in [0.29, 0.717) is 18.7 Å². The van der Waals surface area contributed by atoms with Crippen LogP contribution < -0.4 is 5.32 Å². The van der Waals surface area contributed by atoms with Crippen LogP contribution in [0.5, 0.6) is 0 Å². The van der Waals surface area contributed by atoms with E-state index in [4.69, 9.17) is 0 Å². The van der Waals surface area contributed by atoms with Crippen molar-refractivity contribution in [1.82, 2.24) is 9.62 Å². The standard InChI is InChI=1S/C22H26N2O3S/c25-22(23-20-8-2-1-3-9-20)18-10-12-21(13-11-18)28(26,27)24-15-14-17-6-4-5-7-19(17)16-24/h4-7,10-13,20H,1-3,8-9,14-16H2,(H,23,25). The number of carbonyl (C=O) groups is 1. The number of rotatable bonds is 4. The molecule has 28 heavy (non-hydrogen) atoms. The molecule has 0 bridgehead atoms. The Kier molecular flexibility index (Phi) is 5.51. The maximum atomic E-state index is 13.0. The summed E-state index contributed by atoms with van der Waals surface area (Å²) >= 11 is 0. The molecule has 0 saturated heterocycles. The van der Waals surface area contributed by atoms with Crippen LogP contribution in [0.25, 0.3) is 0 Å². The van der Waals surface area contributed by atoms with Crippen molar-refractivity contribution >= 4 is 15.9 Å². The molecule has 1 amide bonds. The summed E-state index contributed by atoms with van der Waals surface area (Å²) < 4.78 is 27.6. The van der Waals surface area contributed by atoms with E-state index in [1.165, 1.54) is 16.3 Å². The van der Waals surface area contributed by atoms with Gasteiger partial charge < -0.3 is 5.32 Å². The third-order valence-electron chi connectivity index (χ3n) is 5.79. The molecule has 5 nitrogen and oxygen atoms in total. The first-order valence-electron chi connectivity index (χ1n) is 10.0. The smallest absolute Gasteiger partial charge is 0.251 e. The summed E-state index contributed by atoms with van der Waals surface area (Å²) in [7, 11) is -3.57. The minimum absolute atomic E-state index is 0.122. The maximum absolute atomic E-state index is 13.0. The number of carbonyl (C=O) groups excluding carboxylic acids is 1. The van der Waals surface area contributed by atoms with Gasteiger partial charge in [0.15, 0.2) is 0 Å². The molecule has 148 valence electrons. The van der Waals surface area contributed by atoms with E-state index in [1.807, 2.05) is 18.2 Å². The normalized spacial score (nSPS) is 18.4. The monoisotopic (exact) mass is 398 g/mol. The molecule has 1 aliphatic heterocycles. The zero-order chi connectivity index (χ0) is 19.6. The van der Waals surface area contributed by atoms with Crippen LogP contribution in [0.2, 0.25) is 0 Å². The van der Waals surface area contributed by atoms with Crippen molar-refractivity contribution in [1.29, 1.82) is 0 Å². The van der Waals surface area contributed by atoms with Gasteiger partial charge in [-0.1, -0.05) is 43.5 Å². The Hall–Kier alpha value is -2.18. The third-order valence-corrected chi connectivity index (χ3v) is 7.65. The Morgan fingerprint density at radius 3 is 2.32 bits per heavy atom. The molecular formula is C22H26N2O3S. The van der Waals surface area contributed by atoms with Gasteiger partial charge in [0.1, 0.15) is 0 Å². The van der Waals surface area contributed by atoms with Gasteiger partial charge in [-0.2, -0.15) is 4.31 Å². The van der Waals surface area contributed by atoms with Gasteiger partial charge in [0.25, 0.3) is 5.91 Å². The zero-order valence-electron chi connectivity index (χ0n) is 15.9. The van der Waals surface area contributed by atoms with E-state index in [1.54, 1.807) is 24.3 Å². The molecule has 1 fully saturated rings. The van der Waals surface area contributed by atoms with E-state index < -0.39 is 10.0 Å². The molecule has 2 aromatic rings. The van der Waals surface area contributed by atoms with Crippen LogP contribution in [0.15, 0.2) is 53.4 Å². The highest BCUT2D eigenvalue weighted by atomic mass is 32.2. The fraction of sp³-hybridized carbons (Fsp3) is 0.409. The Balaban J connectivity index is 1.46. The summed E-state index contributed by atoms with van der Waals surface area (Å²) in [5, 5.41) is 3.07. The number of nitrogens with zero attached hydrogens (tertiary/aromatic N) is 1. The first-order valence-corrected chi connectivity index (χ1v) is 11.5. The lowest BCUT2D eigenvalue weighted by Crippen LogP contribution is -2.36. The summed E-state index contributed by atoms with van der Waals surface area (Å²) in [6.45, 7) is 0.867. The van der Waals surface area contributed by atoms with Crippen LogP contribution in [0.4, 0.5) is 0 Å². The van der Waals surface area contributed by atoms with Crippen LogP contribution >= 0.6 is 0 Å². The molecule has 1 N–H and O–H groups in total. The van der Waals surface area contributed by atoms with Crippen molar-refractivity contribution in [3.63, 3.8) is 0 Å². The lowest BCUT2D eigenvalue weighted by molar-refractivity contribution is 0.0927. The molecule has 1 heterocycles. The molecule has 0 radical (unpaired) electrons. The highest BCUT2D eigenvalue weighted by Gasteiger charge is 2.28. The predicted molar refractivity (Wildman–Crippen MR) is 109 cm³/mol. The molecule has 2 aromatic carbocycles. The van der Waals surface area contributed by atoms with E-state index >= 15 is 0 Å². The number of fused-ring (bicyclic) bond motifs is 1. The van der Waals surface area contributed by atoms with Crippen LogP contribution in [0.3, 0.4) is 0 Å². The van der Waals surface area contributed by atoms with Crippen molar-refractivity contribution in [2.24, 2.45) is 0 Å². The predicted octanol–water partition coefficient (Wildman–Crippen LogP) is 3.50. The highest BCUT2D eigenvalue weighted by molar-refractivity contribution is 7.89. The molecule has 2 aliphatic rings. The number of benzene rings is 2. The lowest BCUT2D eigenvalue weighted by Gasteiger charge is -2.28. The zero-order valence-corrected chi connectivity index (χ0v) is 16.7. The summed E-state index contributed by atoms with van der Waals surface area (Å²) in [5.74, 6) is -0.122. The number of sulfonamides is 1. The van der Waals surface area contributed by atoms with Gasteiger partial charge in [0.05, 0.1) is 4.90 Å². The molecule has 6 heteroatoms. The lowest BCUT2D eigenvalue weighted by atomic mass is 9.95. The van der Waals surface area contributed by atoms with Crippen molar-refractivity contribution in [3.05, 3.63) is 65.2 Å². The Labute approximate surface area is 166 Å². The quantitative estimate of drug-likeness (QED) is 0.857. The second-order valence-electron chi connectivity index (χ2n) is 7.69. The maximum Gasteiger partial charge on any atom is 0.251 e. The van der Waals surface area contributed by atoms with Crippen LogP contribution in [-0.2, 0) is 23.0 Å². The second-order valence-corrected chi connectivity index (χ2v) is 9.63. The van der Waals surface area contributed by atoms with E-state index in [9.17, 15) is 13.2 Å². The van der Waals surface area contributed by atoms with Gasteiger partial charge in [0.2, 0.25) is 10.0 Å². The van der Waals surface area contributed by atoms with Gasteiger partial charge >= 0.3 is 0 Å². The number of hydrogen-bond acceptors (Lipinski definition) is 3. The number of hydrogen-bond donors (Lipinski definition) is 1. The molecule has 0 unspecified atom stereocenters. The highest BCUT2D eigenvalue weighted by Crippen LogP contribution is 2.25. The summed E-state index contributed by atoms with van der Waals surface area (Å²) in [6, 6.07) is 14.5. The second kappa shape index (κ2) is 8.05. The molecule has 0 spiro atoms. The average molecular weight is 399 g/mol. The van der Waals surface area contributed by atoms with Gasteiger partial charge in [-0.3, -0.25) is 4.79 Å². The summed E-state index contributed by atoms with van der Waals surface area (Å²) in [6.07, 6.45) is 6.31. The van der Waals surface area contributed by atoms with E-state index in [0.717, 1.165) is 37.7 Å². The molecule has 0 atom stereocenters. The molecule has 1 aliphatic carbocycles. The van der Waals surface area contributed by atoms with E-state index in [2.05, 4.69) is 11.4 Å². The number of nitrogens with one attached hydrogen (secondary N) is 1. The van der Waals surface area contributed by atoms with Crippen molar-refractivity contribution in [2.75, 3.05) is 6.54 Å². The van der Waals surface area contributed by atoms with Gasteiger partial charge in [-0.15, -0.1) is 0 Å². The van der Waals surface area contributed by atoms with Crippen molar-refractivity contribution in [2.45, 2.75) is 56.0 Å². The molecule has 4 rings (SSSR count). The fourth-order valence-corrected chi connectivity index (χ4v) is 5.54. The minimum atomic E-state index is -3.57. The fourth-order valence-electron chi connectivity index (χ4n) is 4.12. The molecule has 0 aromatic heterocycles. The minimum Gasteiger partial charge on any atom is -0.349 e. The van der Waals surface area contributed by atoms with Gasteiger partial charge in [-0.05, 0) is 54.7 Å². The largest absolute Gasteiger partial charge is 0.349 e. The van der Waals surface area contributed by atoms with Crippen LogP contribution in [0.1, 0.15) is 53.6 Å². The van der Waals surface area contributed by atoms with Crippen LogP contribution in [0, 0.1) is 0 Å². The Morgan fingerprint density at radius 2 is 1.61 bits per heavy atom. The molecule has 1 saturated carbocycles. The van der Waals surface area contributed by atoms with Gasteiger partial charge in [0, 0.05) is 24.7 Å². The first kappa shape index (κ1) is 19.2. The summed E-state index contributed by atoms with van der Waals surface area (Å²) in [4.78, 5) is 12.7. The van der Waals surface area contributed by atoms with Crippen LogP contribution in [-0.4, -0.2) is 31.2 Å². The van der Waals surface area contributed by atoms with Crippen molar-refractivity contribution < 1.29 is 13.2 Å². The SMILES string of the molecule is O=C(NC1CCCCC1)c1ccc(S(=O)(=O)N2CCc3ccccc3C2)cc1. The van der Waals surface area contributed by atoms with E-state index in [-0.39, 0.29) is 16.8 Å².